The van der Waals surface area contributed by atoms with E-state index in [1.807, 2.05) is 0 Å². The van der Waals surface area contributed by atoms with Crippen LogP contribution in [0.4, 0.5) is 0 Å². The molecule has 3 N–H and O–H groups in total. The van der Waals surface area contributed by atoms with Crippen LogP contribution in [0.1, 0.15) is 27.2 Å². The van der Waals surface area contributed by atoms with Gasteiger partial charge in [0.2, 0.25) is 0 Å². The highest BCUT2D eigenvalue weighted by atomic mass is 16.5. The van der Waals surface area contributed by atoms with Crippen molar-refractivity contribution in [1.29, 1.82) is 0 Å². The Morgan fingerprint density at radius 3 is 2.38 bits per heavy atom. The molecule has 0 spiro atoms. The van der Waals surface area contributed by atoms with Crippen molar-refractivity contribution < 1.29 is 4.74 Å². The van der Waals surface area contributed by atoms with Gasteiger partial charge in [0.15, 0.2) is 0 Å². The van der Waals surface area contributed by atoms with Gasteiger partial charge < -0.3 is 15.8 Å². The average molecular weight is 188 g/mol. The summed E-state index contributed by atoms with van der Waals surface area (Å²) in [5.41, 5.74) is 5.67. The Bertz CT molecular complexity index is 119. The number of nitrogens with two attached hydrogens (primary N) is 1. The summed E-state index contributed by atoms with van der Waals surface area (Å²) in [4.78, 5) is 0. The summed E-state index contributed by atoms with van der Waals surface area (Å²) in [6.07, 6.45) is 1.43. The van der Waals surface area contributed by atoms with E-state index in [0.29, 0.717) is 18.5 Å². The maximum absolute atomic E-state index is 5.67. The molecule has 3 unspecified atom stereocenters. The summed E-state index contributed by atoms with van der Waals surface area (Å²) >= 11 is 0. The molecule has 0 aromatic carbocycles. The summed E-state index contributed by atoms with van der Waals surface area (Å²) in [7, 11) is 1.73. The van der Waals surface area contributed by atoms with Crippen LogP contribution >= 0.6 is 0 Å². The molecule has 0 fully saturated rings. The van der Waals surface area contributed by atoms with Crippen LogP contribution in [0.5, 0.6) is 0 Å². The molecule has 13 heavy (non-hydrogen) atoms. The van der Waals surface area contributed by atoms with E-state index in [1.165, 1.54) is 0 Å². The van der Waals surface area contributed by atoms with Crippen LogP contribution in [0.15, 0.2) is 0 Å². The third-order valence-electron chi connectivity index (χ3n) is 2.65. The number of hydrogen-bond donors (Lipinski definition) is 2. The minimum atomic E-state index is 0.262. The van der Waals surface area contributed by atoms with Crippen molar-refractivity contribution in [3.05, 3.63) is 0 Å². The van der Waals surface area contributed by atoms with Gasteiger partial charge in [-0.25, -0.2) is 0 Å². The van der Waals surface area contributed by atoms with Crippen LogP contribution in [0.25, 0.3) is 0 Å². The summed E-state index contributed by atoms with van der Waals surface area (Å²) in [5, 5.41) is 3.42. The monoisotopic (exact) mass is 188 g/mol. The molecule has 3 nitrogen and oxygen atoms in total. The second-order valence-corrected chi connectivity index (χ2v) is 3.68. The topological polar surface area (TPSA) is 47.3 Å². The SMILES string of the molecule is CCC(C)C(CN)NCC(C)OC. The lowest BCUT2D eigenvalue weighted by Crippen LogP contribution is -2.44. The molecule has 3 heteroatoms. The van der Waals surface area contributed by atoms with Crippen LogP contribution < -0.4 is 11.1 Å². The molecule has 0 rings (SSSR count). The first-order valence-corrected chi connectivity index (χ1v) is 5.11. The van der Waals surface area contributed by atoms with Crippen molar-refractivity contribution in [1.82, 2.24) is 5.32 Å². The summed E-state index contributed by atoms with van der Waals surface area (Å²) in [5.74, 6) is 0.633. The summed E-state index contributed by atoms with van der Waals surface area (Å²) in [6.45, 7) is 8.04. The Morgan fingerprint density at radius 1 is 1.38 bits per heavy atom. The van der Waals surface area contributed by atoms with E-state index in [9.17, 15) is 0 Å². The maximum atomic E-state index is 5.67. The summed E-state index contributed by atoms with van der Waals surface area (Å²) < 4.78 is 5.16. The van der Waals surface area contributed by atoms with Gasteiger partial charge in [0.25, 0.3) is 0 Å². The lowest BCUT2D eigenvalue weighted by atomic mass is 9.99. The zero-order valence-electron chi connectivity index (χ0n) is 9.34. The van der Waals surface area contributed by atoms with Crippen molar-refractivity contribution in [3.8, 4) is 0 Å². The second kappa shape index (κ2) is 7.30. The van der Waals surface area contributed by atoms with Gasteiger partial charge in [0.1, 0.15) is 0 Å². The third-order valence-corrected chi connectivity index (χ3v) is 2.65. The molecule has 80 valence electrons. The smallest absolute Gasteiger partial charge is 0.0667 e. The van der Waals surface area contributed by atoms with Gasteiger partial charge in [-0.15, -0.1) is 0 Å². The number of nitrogens with one attached hydrogen (secondary N) is 1. The van der Waals surface area contributed by atoms with Crippen LogP contribution in [0.2, 0.25) is 0 Å². The number of hydrogen-bond acceptors (Lipinski definition) is 3. The van der Waals surface area contributed by atoms with E-state index in [2.05, 4.69) is 26.1 Å². The van der Waals surface area contributed by atoms with Gasteiger partial charge in [0.05, 0.1) is 6.10 Å². The van der Waals surface area contributed by atoms with Crippen molar-refractivity contribution in [2.75, 3.05) is 20.2 Å². The molecule has 0 saturated heterocycles. The molecule has 3 atom stereocenters. The fourth-order valence-corrected chi connectivity index (χ4v) is 1.20. The molecule has 0 bridgehead atoms. The second-order valence-electron chi connectivity index (χ2n) is 3.68. The van der Waals surface area contributed by atoms with Gasteiger partial charge in [0, 0.05) is 26.2 Å². The molecule has 0 aromatic heterocycles. The highest BCUT2D eigenvalue weighted by molar-refractivity contribution is 4.74. The first-order valence-electron chi connectivity index (χ1n) is 5.11. The first kappa shape index (κ1) is 12.9. The van der Waals surface area contributed by atoms with Crippen LogP contribution in [-0.2, 0) is 4.74 Å². The highest BCUT2D eigenvalue weighted by Gasteiger charge is 2.13. The van der Waals surface area contributed by atoms with E-state index >= 15 is 0 Å². The minimum Gasteiger partial charge on any atom is -0.380 e. The fourth-order valence-electron chi connectivity index (χ4n) is 1.20. The zero-order chi connectivity index (χ0) is 10.3. The lowest BCUT2D eigenvalue weighted by molar-refractivity contribution is 0.112. The minimum absolute atomic E-state index is 0.262. The lowest BCUT2D eigenvalue weighted by Gasteiger charge is -2.24. The quantitative estimate of drug-likeness (QED) is 0.626. The van der Waals surface area contributed by atoms with Gasteiger partial charge in [-0.2, -0.15) is 0 Å². The first-order chi connectivity index (χ1) is 6.15. The predicted octanol–water partition coefficient (Wildman–Crippen LogP) is 0.984. The van der Waals surface area contributed by atoms with E-state index in [4.69, 9.17) is 10.5 Å². The number of rotatable bonds is 7. The molecule has 0 radical (unpaired) electrons. The Balaban J connectivity index is 3.71. The standard InChI is InChI=1S/C10H24N2O/c1-5-8(2)10(6-11)12-7-9(3)13-4/h8-10,12H,5-7,11H2,1-4H3. The van der Waals surface area contributed by atoms with Crippen molar-refractivity contribution >= 4 is 0 Å². The largest absolute Gasteiger partial charge is 0.380 e. The van der Waals surface area contributed by atoms with Crippen molar-refractivity contribution in [2.45, 2.75) is 39.3 Å². The van der Waals surface area contributed by atoms with Crippen molar-refractivity contribution in [2.24, 2.45) is 11.7 Å². The van der Waals surface area contributed by atoms with E-state index < -0.39 is 0 Å². The molecule has 0 aliphatic heterocycles. The normalized spacial score (nSPS) is 18.2. The van der Waals surface area contributed by atoms with E-state index in [-0.39, 0.29) is 6.10 Å². The number of ether oxygens (including phenoxy) is 1. The Hall–Kier alpha value is -0.120. The Labute approximate surface area is 82.0 Å². The fraction of sp³-hybridized carbons (Fsp3) is 1.00. The molecule has 0 saturated carbocycles. The maximum Gasteiger partial charge on any atom is 0.0667 e. The van der Waals surface area contributed by atoms with E-state index in [1.54, 1.807) is 7.11 Å². The third kappa shape index (κ3) is 5.24. The van der Waals surface area contributed by atoms with Gasteiger partial charge in [-0.05, 0) is 12.8 Å². The van der Waals surface area contributed by atoms with Gasteiger partial charge >= 0.3 is 0 Å². The van der Waals surface area contributed by atoms with E-state index in [0.717, 1.165) is 13.0 Å². The molecule has 0 aromatic rings. The predicted molar refractivity (Wildman–Crippen MR) is 56.8 cm³/mol. The van der Waals surface area contributed by atoms with Gasteiger partial charge in [-0.3, -0.25) is 0 Å². The van der Waals surface area contributed by atoms with Crippen molar-refractivity contribution in [3.63, 3.8) is 0 Å². The van der Waals surface area contributed by atoms with Gasteiger partial charge in [-0.1, -0.05) is 20.3 Å². The molecule has 0 aliphatic carbocycles. The molecule has 0 heterocycles. The van der Waals surface area contributed by atoms with Crippen LogP contribution in [0.3, 0.4) is 0 Å². The summed E-state index contributed by atoms with van der Waals surface area (Å²) in [6, 6.07) is 0.419. The molecular weight excluding hydrogens is 164 g/mol. The van der Waals surface area contributed by atoms with Crippen LogP contribution in [-0.4, -0.2) is 32.3 Å². The molecule has 0 aliphatic rings. The average Bonchev–Trinajstić information content (AvgIpc) is 2.17. The Kier molecular flexibility index (Phi) is 7.23. The number of methoxy groups -OCH3 is 1. The zero-order valence-corrected chi connectivity index (χ0v) is 9.34. The molecule has 0 amide bonds. The van der Waals surface area contributed by atoms with Crippen LogP contribution in [0, 0.1) is 5.92 Å². The Morgan fingerprint density at radius 2 is 2.00 bits per heavy atom. The molecular formula is C10H24N2O. The highest BCUT2D eigenvalue weighted by Crippen LogP contribution is 2.06.